The van der Waals surface area contributed by atoms with Crippen molar-refractivity contribution < 1.29 is 23.8 Å². The molecule has 5 nitrogen and oxygen atoms in total. The molecular weight excluding hydrogens is 320 g/mol. The summed E-state index contributed by atoms with van der Waals surface area (Å²) >= 11 is 0. The number of hydrogen-bond acceptors (Lipinski definition) is 5. The fourth-order valence-electron chi connectivity index (χ4n) is 2.14. The smallest absolute Gasteiger partial charge is 0.316 e. The van der Waals surface area contributed by atoms with E-state index in [1.54, 1.807) is 70.3 Å². The van der Waals surface area contributed by atoms with Gasteiger partial charge in [-0.05, 0) is 57.2 Å². The fraction of sp³-hybridized carbons (Fsp3) is 0.300. The summed E-state index contributed by atoms with van der Waals surface area (Å²) in [6.07, 6.45) is 0. The Kier molecular flexibility index (Phi) is 5.47. The summed E-state index contributed by atoms with van der Waals surface area (Å²) in [5.74, 6) is 0.493. The lowest BCUT2D eigenvalue weighted by atomic mass is 9.97. The molecule has 0 spiro atoms. The first-order chi connectivity index (χ1) is 11.8. The Bertz CT molecular complexity index is 770. The van der Waals surface area contributed by atoms with E-state index in [1.165, 1.54) is 7.11 Å². The van der Waals surface area contributed by atoms with Gasteiger partial charge < -0.3 is 14.2 Å². The maximum atomic E-state index is 12.8. The van der Waals surface area contributed by atoms with Crippen LogP contribution in [0, 0.1) is 5.41 Å². The molecule has 132 valence electrons. The lowest BCUT2D eigenvalue weighted by Crippen LogP contribution is -2.25. The third-order valence-electron chi connectivity index (χ3n) is 3.59. The van der Waals surface area contributed by atoms with E-state index in [2.05, 4.69) is 0 Å². The number of benzene rings is 2. The van der Waals surface area contributed by atoms with Gasteiger partial charge in [-0.1, -0.05) is 6.07 Å². The van der Waals surface area contributed by atoms with Crippen LogP contribution in [0.5, 0.6) is 17.2 Å². The van der Waals surface area contributed by atoms with Crippen molar-refractivity contribution in [2.24, 2.45) is 5.41 Å². The summed E-state index contributed by atoms with van der Waals surface area (Å²) in [7, 11) is 3.00. The Morgan fingerprint density at radius 1 is 0.880 bits per heavy atom. The zero-order valence-corrected chi connectivity index (χ0v) is 15.1. The minimum absolute atomic E-state index is 0.224. The molecule has 5 heteroatoms. The average molecular weight is 342 g/mol. The van der Waals surface area contributed by atoms with Crippen molar-refractivity contribution >= 4 is 11.8 Å². The van der Waals surface area contributed by atoms with Crippen LogP contribution in [0.25, 0.3) is 0 Å². The van der Waals surface area contributed by atoms with Crippen molar-refractivity contribution in [3.05, 3.63) is 53.6 Å². The van der Waals surface area contributed by atoms with Gasteiger partial charge in [0, 0.05) is 5.56 Å². The maximum Gasteiger partial charge on any atom is 0.316 e. The van der Waals surface area contributed by atoms with Crippen LogP contribution in [0.4, 0.5) is 0 Å². The van der Waals surface area contributed by atoms with Gasteiger partial charge in [0.25, 0.3) is 0 Å². The van der Waals surface area contributed by atoms with E-state index in [9.17, 15) is 9.59 Å². The molecule has 0 heterocycles. The van der Waals surface area contributed by atoms with E-state index in [4.69, 9.17) is 14.2 Å². The lowest BCUT2D eigenvalue weighted by Gasteiger charge is -2.18. The largest absolute Gasteiger partial charge is 0.497 e. The highest BCUT2D eigenvalue weighted by Crippen LogP contribution is 2.34. The first kappa shape index (κ1) is 18.5. The Balaban J connectivity index is 2.39. The Morgan fingerprint density at radius 2 is 1.52 bits per heavy atom. The maximum absolute atomic E-state index is 12.8. The van der Waals surface area contributed by atoms with Crippen molar-refractivity contribution in [1.29, 1.82) is 0 Å². The predicted molar refractivity (Wildman–Crippen MR) is 94.5 cm³/mol. The van der Waals surface area contributed by atoms with E-state index in [0.29, 0.717) is 16.9 Å². The average Bonchev–Trinajstić information content (AvgIpc) is 2.60. The van der Waals surface area contributed by atoms with Crippen LogP contribution in [0.15, 0.2) is 42.5 Å². The monoisotopic (exact) mass is 342 g/mol. The summed E-state index contributed by atoms with van der Waals surface area (Å²) in [5.41, 5.74) is 0.145. The molecule has 0 N–H and O–H groups in total. The number of para-hydroxylation sites is 1. The van der Waals surface area contributed by atoms with Crippen molar-refractivity contribution in [3.63, 3.8) is 0 Å². The normalized spacial score (nSPS) is 10.9. The summed E-state index contributed by atoms with van der Waals surface area (Å²) < 4.78 is 15.9. The molecule has 2 aromatic rings. The molecule has 0 saturated carbocycles. The first-order valence-electron chi connectivity index (χ1n) is 7.86. The number of ketones is 1. The number of ether oxygens (including phenoxy) is 3. The molecule has 0 saturated heterocycles. The molecule has 2 rings (SSSR count). The third kappa shape index (κ3) is 4.18. The van der Waals surface area contributed by atoms with Crippen LogP contribution in [-0.2, 0) is 4.79 Å². The molecule has 0 fully saturated rings. The fourth-order valence-corrected chi connectivity index (χ4v) is 2.14. The number of esters is 1. The highest BCUT2D eigenvalue weighted by Gasteiger charge is 2.26. The Hall–Kier alpha value is -2.82. The van der Waals surface area contributed by atoms with E-state index < -0.39 is 11.4 Å². The molecule has 0 aliphatic carbocycles. The van der Waals surface area contributed by atoms with Gasteiger partial charge in [0.05, 0.1) is 25.2 Å². The molecule has 2 aromatic carbocycles. The van der Waals surface area contributed by atoms with Gasteiger partial charge in [0.1, 0.15) is 5.75 Å². The number of methoxy groups -OCH3 is 2. The van der Waals surface area contributed by atoms with Gasteiger partial charge in [-0.25, -0.2) is 0 Å². The second-order valence-corrected chi connectivity index (χ2v) is 6.53. The number of carbonyl (C=O) groups is 2. The molecule has 0 unspecified atom stereocenters. The minimum Gasteiger partial charge on any atom is -0.497 e. The van der Waals surface area contributed by atoms with Gasteiger partial charge in [-0.3, -0.25) is 9.59 Å². The van der Waals surface area contributed by atoms with Gasteiger partial charge in [0.15, 0.2) is 17.3 Å². The molecule has 0 aliphatic rings. The van der Waals surface area contributed by atoms with E-state index in [0.717, 1.165) is 0 Å². The number of carbonyl (C=O) groups excluding carboxylic acids is 2. The minimum atomic E-state index is -0.666. The van der Waals surface area contributed by atoms with Crippen molar-refractivity contribution in [3.8, 4) is 17.2 Å². The Morgan fingerprint density at radius 3 is 2.04 bits per heavy atom. The molecule has 0 bridgehead atoms. The van der Waals surface area contributed by atoms with Gasteiger partial charge in [0.2, 0.25) is 0 Å². The number of rotatable bonds is 5. The molecule has 0 radical (unpaired) electrons. The zero-order valence-electron chi connectivity index (χ0n) is 15.1. The lowest BCUT2D eigenvalue weighted by molar-refractivity contribution is -0.143. The Labute approximate surface area is 147 Å². The summed E-state index contributed by atoms with van der Waals surface area (Å²) in [6, 6.07) is 11.7. The second kappa shape index (κ2) is 7.38. The third-order valence-corrected chi connectivity index (χ3v) is 3.59. The van der Waals surface area contributed by atoms with E-state index in [-0.39, 0.29) is 17.3 Å². The summed E-state index contributed by atoms with van der Waals surface area (Å²) in [6.45, 7) is 5.27. The zero-order chi connectivity index (χ0) is 18.6. The van der Waals surface area contributed by atoms with Crippen molar-refractivity contribution in [1.82, 2.24) is 0 Å². The van der Waals surface area contributed by atoms with Crippen LogP contribution in [0.1, 0.15) is 36.7 Å². The van der Waals surface area contributed by atoms with Crippen LogP contribution in [-0.4, -0.2) is 26.0 Å². The highest BCUT2D eigenvalue weighted by molar-refractivity contribution is 6.11. The topological polar surface area (TPSA) is 61.8 Å². The van der Waals surface area contributed by atoms with Gasteiger partial charge in [-0.2, -0.15) is 0 Å². The van der Waals surface area contributed by atoms with E-state index in [1.807, 2.05) is 0 Å². The van der Waals surface area contributed by atoms with Gasteiger partial charge >= 0.3 is 5.97 Å². The quantitative estimate of drug-likeness (QED) is 0.469. The SMILES string of the molecule is COc1ccc(C(=O)c2cccc(OC(=O)C(C)(C)C)c2OC)cc1. The molecule has 0 aliphatic heterocycles. The molecule has 25 heavy (non-hydrogen) atoms. The van der Waals surface area contributed by atoms with Crippen LogP contribution < -0.4 is 14.2 Å². The number of hydrogen-bond donors (Lipinski definition) is 0. The summed E-state index contributed by atoms with van der Waals surface area (Å²) in [5, 5.41) is 0. The van der Waals surface area contributed by atoms with Crippen LogP contribution in [0.3, 0.4) is 0 Å². The van der Waals surface area contributed by atoms with Crippen LogP contribution in [0.2, 0.25) is 0 Å². The molecular formula is C20H22O5. The highest BCUT2D eigenvalue weighted by atomic mass is 16.6. The van der Waals surface area contributed by atoms with Gasteiger partial charge in [-0.15, -0.1) is 0 Å². The molecule has 0 amide bonds. The van der Waals surface area contributed by atoms with Crippen LogP contribution >= 0.6 is 0 Å². The van der Waals surface area contributed by atoms with Crippen molar-refractivity contribution in [2.75, 3.05) is 14.2 Å². The van der Waals surface area contributed by atoms with E-state index >= 15 is 0 Å². The molecule has 0 aromatic heterocycles. The predicted octanol–water partition coefficient (Wildman–Crippen LogP) is 3.89. The summed E-state index contributed by atoms with van der Waals surface area (Å²) in [4.78, 5) is 24.9. The van der Waals surface area contributed by atoms with Crippen molar-refractivity contribution in [2.45, 2.75) is 20.8 Å². The first-order valence-corrected chi connectivity index (χ1v) is 7.86. The second-order valence-electron chi connectivity index (χ2n) is 6.53. The molecule has 0 atom stereocenters. The standard InChI is InChI=1S/C20H22O5/c1-20(2,3)19(22)25-16-8-6-7-15(18(16)24-5)17(21)13-9-11-14(23-4)12-10-13/h6-12H,1-5H3.